The zero-order valence-electron chi connectivity index (χ0n) is 22.1. The predicted octanol–water partition coefficient (Wildman–Crippen LogP) is 4.91. The Labute approximate surface area is 240 Å². The zero-order valence-corrected chi connectivity index (χ0v) is 23.6. The smallest absolute Gasteiger partial charge is 0.323 e. The summed E-state index contributed by atoms with van der Waals surface area (Å²) in [6.45, 7) is 7.66. The van der Waals surface area contributed by atoms with Crippen molar-refractivity contribution in [2.24, 2.45) is 0 Å². The van der Waals surface area contributed by atoms with Gasteiger partial charge in [0.1, 0.15) is 0 Å². The molecule has 2 aromatic carbocycles. The molecule has 40 heavy (non-hydrogen) atoms. The van der Waals surface area contributed by atoms with Gasteiger partial charge in [-0.25, -0.2) is 4.79 Å². The molecular formula is C26H28Cl2N8O4. The topological polar surface area (TPSA) is 140 Å². The minimum absolute atomic E-state index is 0.0589. The molecule has 2 aliphatic heterocycles. The quantitative estimate of drug-likeness (QED) is 0.285. The summed E-state index contributed by atoms with van der Waals surface area (Å²) in [6, 6.07) is 9.18. The molecule has 12 nitrogen and oxygen atoms in total. The van der Waals surface area contributed by atoms with Crippen molar-refractivity contribution in [2.75, 3.05) is 48.8 Å². The molecule has 2 aliphatic rings. The monoisotopic (exact) mass is 586 g/mol. The van der Waals surface area contributed by atoms with Gasteiger partial charge in [0.2, 0.25) is 0 Å². The fraction of sp³-hybridized carbons (Fsp3) is 0.346. The second kappa shape index (κ2) is 10.6. The summed E-state index contributed by atoms with van der Waals surface area (Å²) in [6.07, 6.45) is 0. The Morgan fingerprint density at radius 1 is 1.05 bits per heavy atom. The summed E-state index contributed by atoms with van der Waals surface area (Å²) in [4.78, 5) is 42.9. The number of likely N-dealkylation sites (N-methyl/N-ethyl adjacent to an activating group) is 1. The predicted molar refractivity (Wildman–Crippen MR) is 153 cm³/mol. The van der Waals surface area contributed by atoms with E-state index in [-0.39, 0.29) is 33.9 Å². The van der Waals surface area contributed by atoms with Gasteiger partial charge < -0.3 is 25.3 Å². The molecule has 0 unspecified atom stereocenters. The molecule has 14 heteroatoms. The molecule has 0 atom stereocenters. The van der Waals surface area contributed by atoms with Gasteiger partial charge in [-0.05, 0) is 45.2 Å². The fourth-order valence-electron chi connectivity index (χ4n) is 4.97. The number of amides is 3. The average molecular weight is 587 g/mol. The van der Waals surface area contributed by atoms with Crippen LogP contribution in [-0.4, -0.2) is 70.1 Å². The number of H-pyrrole nitrogens is 1. The van der Waals surface area contributed by atoms with Crippen molar-refractivity contribution in [1.29, 1.82) is 0 Å². The summed E-state index contributed by atoms with van der Waals surface area (Å²) in [5.41, 5.74) is 1.86. The van der Waals surface area contributed by atoms with Crippen LogP contribution in [0.25, 0.3) is 0 Å². The maximum Gasteiger partial charge on any atom is 0.323 e. The highest BCUT2D eigenvalue weighted by Gasteiger charge is 2.44. The fourth-order valence-corrected chi connectivity index (χ4v) is 5.54. The minimum Gasteiger partial charge on any atom is -0.369 e. The Morgan fingerprint density at radius 2 is 1.68 bits per heavy atom. The maximum atomic E-state index is 13.3. The van der Waals surface area contributed by atoms with E-state index in [0.717, 1.165) is 44.0 Å². The van der Waals surface area contributed by atoms with E-state index in [1.165, 1.54) is 4.90 Å². The molecule has 0 saturated carbocycles. The lowest BCUT2D eigenvalue weighted by atomic mass is 10.0. The Kier molecular flexibility index (Phi) is 7.34. The molecule has 0 bridgehead atoms. The number of halogens is 2. The summed E-state index contributed by atoms with van der Waals surface area (Å²) in [7, 11) is 2.10. The first kappa shape index (κ1) is 27.7. The molecule has 1 aromatic heterocycles. The number of nitro groups is 1. The van der Waals surface area contributed by atoms with E-state index < -0.39 is 16.5 Å². The number of non-ortho nitro benzene ring substituents is 1. The molecular weight excluding hydrogens is 559 g/mol. The molecule has 0 radical (unpaired) electrons. The van der Waals surface area contributed by atoms with E-state index in [2.05, 4.69) is 37.7 Å². The summed E-state index contributed by atoms with van der Waals surface area (Å²) in [5, 5.41) is 23.7. The Bertz CT molecular complexity index is 1460. The third-order valence-corrected chi connectivity index (χ3v) is 8.01. The van der Waals surface area contributed by atoms with Crippen molar-refractivity contribution >= 4 is 58.0 Å². The van der Waals surface area contributed by atoms with Gasteiger partial charge in [0.05, 0.1) is 38.4 Å². The molecule has 3 amide bonds. The van der Waals surface area contributed by atoms with Gasteiger partial charge in [-0.1, -0.05) is 23.2 Å². The zero-order chi connectivity index (χ0) is 28.8. The molecule has 0 aliphatic carbocycles. The van der Waals surface area contributed by atoms with Crippen LogP contribution in [-0.2, 0) is 12.1 Å². The van der Waals surface area contributed by atoms with Gasteiger partial charge in [0, 0.05) is 55.1 Å². The number of nitro benzene ring substituents is 1. The number of nitrogens with one attached hydrogen (secondary N) is 3. The average Bonchev–Trinajstić information content (AvgIpc) is 3.44. The van der Waals surface area contributed by atoms with Crippen LogP contribution in [0.15, 0.2) is 36.4 Å². The number of piperazine rings is 1. The lowest BCUT2D eigenvalue weighted by Gasteiger charge is -2.34. The van der Waals surface area contributed by atoms with Gasteiger partial charge >= 0.3 is 6.03 Å². The van der Waals surface area contributed by atoms with Gasteiger partial charge in [-0.15, -0.1) is 0 Å². The van der Waals surface area contributed by atoms with Crippen LogP contribution in [0.2, 0.25) is 10.0 Å². The molecule has 3 heterocycles. The van der Waals surface area contributed by atoms with Crippen LogP contribution >= 0.6 is 23.2 Å². The number of nitrogens with zero attached hydrogens (tertiary/aromatic N) is 5. The number of urea groups is 1. The van der Waals surface area contributed by atoms with Crippen LogP contribution in [0.5, 0.6) is 0 Å². The number of aromatic nitrogens is 2. The molecule has 0 spiro atoms. The summed E-state index contributed by atoms with van der Waals surface area (Å²) in [5.74, 6) is 0.0160. The molecule has 1 saturated heterocycles. The number of hydrogen-bond donors (Lipinski definition) is 3. The van der Waals surface area contributed by atoms with Crippen LogP contribution in [0.1, 0.15) is 35.5 Å². The van der Waals surface area contributed by atoms with Crippen LogP contribution in [0.3, 0.4) is 0 Å². The number of hydrogen-bond acceptors (Lipinski definition) is 7. The standard InChI is InChI=1S/C26H28Cl2N8O4/c1-26(2)22-18(14-35(26)25(38)29-21-19(27)12-17(36(39)40)13-20(21)28)23(32-31-22)30-24(37)15-4-6-16(7-5-15)34-10-8-33(3)9-11-34/h4-7,12-13H,8-11,14H2,1-3H3,(H,29,38)(H2,30,31,32,37). The molecule has 3 aromatic rings. The van der Waals surface area contributed by atoms with Crippen molar-refractivity contribution in [1.82, 2.24) is 20.0 Å². The van der Waals surface area contributed by atoms with E-state index in [1.54, 1.807) is 12.1 Å². The molecule has 210 valence electrons. The van der Waals surface area contributed by atoms with Crippen LogP contribution < -0.4 is 15.5 Å². The van der Waals surface area contributed by atoms with Crippen molar-refractivity contribution in [2.45, 2.75) is 25.9 Å². The second-order valence-electron chi connectivity index (χ2n) is 10.3. The van der Waals surface area contributed by atoms with Crippen LogP contribution in [0.4, 0.5) is 27.7 Å². The highest BCUT2D eigenvalue weighted by atomic mass is 35.5. The molecule has 1 fully saturated rings. The maximum absolute atomic E-state index is 13.3. The van der Waals surface area contributed by atoms with E-state index in [9.17, 15) is 19.7 Å². The number of anilines is 3. The first-order chi connectivity index (χ1) is 19.0. The SMILES string of the molecule is CN1CCN(c2ccc(C(=O)Nc3n[nH]c4c3CN(C(=O)Nc3c(Cl)cc([N+](=O)[O-])cc3Cl)C4(C)C)cc2)CC1. The first-order valence-electron chi connectivity index (χ1n) is 12.6. The minimum atomic E-state index is -0.820. The van der Waals surface area contributed by atoms with E-state index in [1.807, 2.05) is 26.0 Å². The third-order valence-electron chi connectivity index (χ3n) is 7.41. The summed E-state index contributed by atoms with van der Waals surface area (Å²) < 4.78 is 0. The van der Waals surface area contributed by atoms with Gasteiger partial charge in [0.15, 0.2) is 5.82 Å². The van der Waals surface area contributed by atoms with Crippen molar-refractivity contribution in [3.63, 3.8) is 0 Å². The highest BCUT2D eigenvalue weighted by molar-refractivity contribution is 6.40. The van der Waals surface area contributed by atoms with Crippen molar-refractivity contribution in [3.05, 3.63) is 73.4 Å². The number of carbonyl (C=O) groups is 2. The number of benzene rings is 2. The van der Waals surface area contributed by atoms with E-state index >= 15 is 0 Å². The first-order valence-corrected chi connectivity index (χ1v) is 13.4. The largest absolute Gasteiger partial charge is 0.369 e. The Balaban J connectivity index is 1.28. The van der Waals surface area contributed by atoms with Gasteiger partial charge in [-0.2, -0.15) is 5.10 Å². The van der Waals surface area contributed by atoms with Gasteiger partial charge in [-0.3, -0.25) is 20.0 Å². The number of aromatic amines is 1. The Morgan fingerprint density at radius 3 is 2.27 bits per heavy atom. The van der Waals surface area contributed by atoms with Crippen LogP contribution in [0, 0.1) is 10.1 Å². The lowest BCUT2D eigenvalue weighted by molar-refractivity contribution is -0.384. The number of rotatable bonds is 5. The lowest BCUT2D eigenvalue weighted by Crippen LogP contribution is -2.44. The molecule has 5 rings (SSSR count). The highest BCUT2D eigenvalue weighted by Crippen LogP contribution is 2.42. The summed E-state index contributed by atoms with van der Waals surface area (Å²) >= 11 is 12.4. The van der Waals surface area contributed by atoms with Crippen molar-refractivity contribution in [3.8, 4) is 0 Å². The van der Waals surface area contributed by atoms with Crippen molar-refractivity contribution < 1.29 is 14.5 Å². The third kappa shape index (κ3) is 5.17. The number of fused-ring (bicyclic) bond motifs is 1. The second-order valence-corrected chi connectivity index (χ2v) is 11.1. The number of carbonyl (C=O) groups excluding carboxylic acids is 2. The normalized spacial score (nSPS) is 16.5. The van der Waals surface area contributed by atoms with E-state index in [0.29, 0.717) is 22.6 Å². The van der Waals surface area contributed by atoms with E-state index in [4.69, 9.17) is 23.2 Å². The Hall–Kier alpha value is -3.87. The van der Waals surface area contributed by atoms with Gasteiger partial charge in [0.25, 0.3) is 11.6 Å². The molecule has 3 N–H and O–H groups in total.